The van der Waals surface area contributed by atoms with Crippen LogP contribution >= 0.6 is 0 Å². The maximum atomic E-state index is 12.6. The average Bonchev–Trinajstić information content (AvgIpc) is 2.51. The fourth-order valence-corrected chi connectivity index (χ4v) is 3.35. The first-order chi connectivity index (χ1) is 10.5. The van der Waals surface area contributed by atoms with E-state index in [9.17, 15) is 14.7 Å². The van der Waals surface area contributed by atoms with Gasteiger partial charge >= 0.3 is 0 Å². The van der Waals surface area contributed by atoms with E-state index in [2.05, 4.69) is 0 Å². The van der Waals surface area contributed by atoms with E-state index >= 15 is 0 Å². The van der Waals surface area contributed by atoms with Crippen molar-refractivity contribution in [2.24, 2.45) is 5.41 Å². The molecule has 0 bridgehead atoms. The van der Waals surface area contributed by atoms with E-state index in [0.29, 0.717) is 31.7 Å². The second-order valence-electron chi connectivity index (χ2n) is 6.62. The van der Waals surface area contributed by atoms with Crippen molar-refractivity contribution in [1.82, 2.24) is 9.80 Å². The second-order valence-corrected chi connectivity index (χ2v) is 6.62. The number of hydrogen-bond acceptors (Lipinski definition) is 3. The molecular formula is C17H22N2O3. The summed E-state index contributed by atoms with van der Waals surface area (Å²) in [5.74, 6) is 0.0475. The van der Waals surface area contributed by atoms with Crippen molar-refractivity contribution in [1.29, 1.82) is 0 Å². The van der Waals surface area contributed by atoms with Gasteiger partial charge in [-0.1, -0.05) is 18.2 Å². The summed E-state index contributed by atoms with van der Waals surface area (Å²) in [4.78, 5) is 28.7. The highest BCUT2D eigenvalue weighted by Crippen LogP contribution is 2.33. The Hall–Kier alpha value is -1.88. The summed E-state index contributed by atoms with van der Waals surface area (Å²) in [5.41, 5.74) is 0.126. The number of β-amino-alcohol motifs (C(OH)–C–C–N with tert-alkyl or cyclic N) is 1. The number of carbonyl (C=O) groups excluding carboxylic acids is 2. The molecule has 0 radical (unpaired) electrons. The molecule has 0 spiro atoms. The summed E-state index contributed by atoms with van der Waals surface area (Å²) >= 11 is 0. The first kappa shape index (κ1) is 15.0. The molecule has 1 aromatic carbocycles. The average molecular weight is 302 g/mol. The molecule has 2 aliphatic heterocycles. The lowest BCUT2D eigenvalue weighted by atomic mass is 9.79. The number of aliphatic hydroxyl groups is 1. The van der Waals surface area contributed by atoms with E-state index in [0.717, 1.165) is 12.8 Å². The zero-order valence-electron chi connectivity index (χ0n) is 12.9. The zero-order valence-corrected chi connectivity index (χ0v) is 12.9. The standard InChI is InChI=1S/C17H22N2O3/c1-17(16(22)19-10-14(20)11-19)8-5-9-18(12-17)15(21)13-6-3-2-4-7-13/h2-4,6-7,14,20H,5,8-12H2,1H3. The maximum Gasteiger partial charge on any atom is 0.253 e. The second kappa shape index (κ2) is 5.72. The number of benzene rings is 1. The third kappa shape index (κ3) is 2.73. The molecule has 118 valence electrons. The van der Waals surface area contributed by atoms with Gasteiger partial charge in [0.1, 0.15) is 0 Å². The molecule has 1 atom stereocenters. The molecule has 2 saturated heterocycles. The Labute approximate surface area is 130 Å². The Morgan fingerprint density at radius 1 is 1.18 bits per heavy atom. The first-order valence-electron chi connectivity index (χ1n) is 7.81. The number of amides is 2. The molecule has 2 fully saturated rings. The third-order valence-corrected chi connectivity index (χ3v) is 4.67. The lowest BCUT2D eigenvalue weighted by molar-refractivity contribution is -0.154. The van der Waals surface area contributed by atoms with Crippen LogP contribution in [0.2, 0.25) is 0 Å². The van der Waals surface area contributed by atoms with Crippen LogP contribution in [0.25, 0.3) is 0 Å². The van der Waals surface area contributed by atoms with Gasteiger partial charge in [0.25, 0.3) is 5.91 Å². The number of likely N-dealkylation sites (tertiary alicyclic amines) is 2. The molecule has 0 aliphatic carbocycles. The highest BCUT2D eigenvalue weighted by atomic mass is 16.3. The summed E-state index contributed by atoms with van der Waals surface area (Å²) in [5, 5.41) is 9.38. The van der Waals surface area contributed by atoms with Gasteiger partial charge in [0.15, 0.2) is 0 Å². The van der Waals surface area contributed by atoms with E-state index in [4.69, 9.17) is 0 Å². The van der Waals surface area contributed by atoms with Gasteiger partial charge in [0.05, 0.1) is 11.5 Å². The fourth-order valence-electron chi connectivity index (χ4n) is 3.35. The molecule has 0 aromatic heterocycles. The Morgan fingerprint density at radius 2 is 1.86 bits per heavy atom. The van der Waals surface area contributed by atoms with Crippen LogP contribution in [-0.2, 0) is 4.79 Å². The number of carbonyl (C=O) groups is 2. The summed E-state index contributed by atoms with van der Waals surface area (Å²) in [6, 6.07) is 9.20. The van der Waals surface area contributed by atoms with E-state index < -0.39 is 11.5 Å². The van der Waals surface area contributed by atoms with Crippen LogP contribution in [0.5, 0.6) is 0 Å². The molecule has 5 nitrogen and oxygen atoms in total. The Balaban J connectivity index is 1.71. The normalized spacial score (nSPS) is 25.7. The van der Waals surface area contributed by atoms with E-state index in [1.54, 1.807) is 9.80 Å². The summed E-state index contributed by atoms with van der Waals surface area (Å²) in [6.45, 7) is 3.91. The quantitative estimate of drug-likeness (QED) is 0.891. The van der Waals surface area contributed by atoms with E-state index in [-0.39, 0.29) is 11.8 Å². The van der Waals surface area contributed by atoms with Crippen LogP contribution in [0.4, 0.5) is 0 Å². The van der Waals surface area contributed by atoms with Crippen molar-refractivity contribution < 1.29 is 14.7 Å². The van der Waals surface area contributed by atoms with Crippen LogP contribution in [0.15, 0.2) is 30.3 Å². The minimum absolute atomic E-state index is 0.0111. The monoisotopic (exact) mass is 302 g/mol. The number of hydrogen-bond donors (Lipinski definition) is 1. The molecule has 5 heteroatoms. The largest absolute Gasteiger partial charge is 0.389 e. The lowest BCUT2D eigenvalue weighted by Crippen LogP contribution is -2.60. The molecule has 1 aromatic rings. The molecule has 2 amide bonds. The highest BCUT2D eigenvalue weighted by Gasteiger charge is 2.44. The Bertz CT molecular complexity index is 569. The minimum Gasteiger partial charge on any atom is -0.389 e. The van der Waals surface area contributed by atoms with Gasteiger partial charge in [-0.05, 0) is 31.9 Å². The number of piperidine rings is 1. The number of nitrogens with zero attached hydrogens (tertiary/aromatic N) is 2. The summed E-state index contributed by atoms with van der Waals surface area (Å²) < 4.78 is 0. The number of rotatable bonds is 2. The van der Waals surface area contributed by atoms with Gasteiger partial charge in [0, 0.05) is 31.7 Å². The highest BCUT2D eigenvalue weighted by molar-refractivity contribution is 5.95. The van der Waals surface area contributed by atoms with Gasteiger partial charge in [-0.2, -0.15) is 0 Å². The number of aliphatic hydroxyl groups excluding tert-OH is 1. The van der Waals surface area contributed by atoms with Gasteiger partial charge in [-0.3, -0.25) is 9.59 Å². The zero-order chi connectivity index (χ0) is 15.7. The predicted molar refractivity (Wildman–Crippen MR) is 82.3 cm³/mol. The van der Waals surface area contributed by atoms with Crippen LogP contribution < -0.4 is 0 Å². The molecule has 22 heavy (non-hydrogen) atoms. The Kier molecular flexibility index (Phi) is 3.91. The molecule has 3 rings (SSSR count). The molecule has 1 N–H and O–H groups in total. The van der Waals surface area contributed by atoms with Crippen molar-refractivity contribution in [3.63, 3.8) is 0 Å². The maximum absolute atomic E-state index is 12.6. The van der Waals surface area contributed by atoms with Gasteiger partial charge in [0.2, 0.25) is 5.91 Å². The first-order valence-corrected chi connectivity index (χ1v) is 7.81. The van der Waals surface area contributed by atoms with Crippen molar-refractivity contribution >= 4 is 11.8 Å². The van der Waals surface area contributed by atoms with Gasteiger partial charge in [-0.25, -0.2) is 0 Å². The third-order valence-electron chi connectivity index (χ3n) is 4.67. The topological polar surface area (TPSA) is 60.9 Å². The van der Waals surface area contributed by atoms with E-state index in [1.807, 2.05) is 37.3 Å². The molecule has 2 aliphatic rings. The van der Waals surface area contributed by atoms with Gasteiger partial charge in [-0.15, -0.1) is 0 Å². The Morgan fingerprint density at radius 3 is 2.50 bits per heavy atom. The van der Waals surface area contributed by atoms with Crippen molar-refractivity contribution in [3.8, 4) is 0 Å². The predicted octanol–water partition coefficient (Wildman–Crippen LogP) is 1.13. The molecule has 1 unspecified atom stereocenters. The smallest absolute Gasteiger partial charge is 0.253 e. The fraction of sp³-hybridized carbons (Fsp3) is 0.529. The van der Waals surface area contributed by atoms with Crippen LogP contribution in [0, 0.1) is 5.41 Å². The van der Waals surface area contributed by atoms with Crippen LogP contribution in [0.1, 0.15) is 30.1 Å². The van der Waals surface area contributed by atoms with E-state index in [1.165, 1.54) is 0 Å². The van der Waals surface area contributed by atoms with Crippen molar-refractivity contribution in [3.05, 3.63) is 35.9 Å². The van der Waals surface area contributed by atoms with Crippen LogP contribution in [-0.4, -0.2) is 59.0 Å². The molecule has 0 saturated carbocycles. The van der Waals surface area contributed by atoms with Crippen molar-refractivity contribution in [2.75, 3.05) is 26.2 Å². The van der Waals surface area contributed by atoms with Crippen molar-refractivity contribution in [2.45, 2.75) is 25.9 Å². The molecular weight excluding hydrogens is 280 g/mol. The van der Waals surface area contributed by atoms with Crippen LogP contribution in [0.3, 0.4) is 0 Å². The molecule has 2 heterocycles. The summed E-state index contributed by atoms with van der Waals surface area (Å²) in [7, 11) is 0. The summed E-state index contributed by atoms with van der Waals surface area (Å²) in [6.07, 6.45) is 1.23. The lowest BCUT2D eigenvalue weighted by Gasteiger charge is -2.45. The SMILES string of the molecule is CC1(C(=O)N2CC(O)C2)CCCN(C(=O)c2ccccc2)C1. The minimum atomic E-state index is -0.539. The van der Waals surface area contributed by atoms with Gasteiger partial charge < -0.3 is 14.9 Å².